The van der Waals surface area contributed by atoms with E-state index >= 15 is 0 Å². The zero-order chi connectivity index (χ0) is 14.4. The largest absolute Gasteiger partial charge is 0.485 e. The van der Waals surface area contributed by atoms with Crippen molar-refractivity contribution in [3.8, 4) is 5.75 Å². The molecule has 5 heteroatoms. The van der Waals surface area contributed by atoms with Gasteiger partial charge < -0.3 is 9.84 Å². The summed E-state index contributed by atoms with van der Waals surface area (Å²) in [6, 6.07) is 8.97. The second-order valence-electron chi connectivity index (χ2n) is 4.46. The molecular formula is C14H16Cl2O3. The van der Waals surface area contributed by atoms with E-state index in [9.17, 15) is 9.90 Å². The predicted molar refractivity (Wildman–Crippen MR) is 76.6 cm³/mol. The summed E-state index contributed by atoms with van der Waals surface area (Å²) < 4.78 is 5.68. The summed E-state index contributed by atoms with van der Waals surface area (Å²) in [6.45, 7) is 3.63. The summed E-state index contributed by atoms with van der Waals surface area (Å²) in [7, 11) is 0. The van der Waals surface area contributed by atoms with Crippen LogP contribution in [0.5, 0.6) is 5.75 Å². The summed E-state index contributed by atoms with van der Waals surface area (Å²) >= 11 is 11.3. The van der Waals surface area contributed by atoms with Crippen LogP contribution in [-0.2, 0) is 4.79 Å². The van der Waals surface area contributed by atoms with Crippen LogP contribution in [0.3, 0.4) is 0 Å². The number of halogens is 2. The van der Waals surface area contributed by atoms with Gasteiger partial charge in [0.05, 0.1) is 5.92 Å². The van der Waals surface area contributed by atoms with Crippen molar-refractivity contribution in [3.05, 3.63) is 40.9 Å². The van der Waals surface area contributed by atoms with Crippen molar-refractivity contribution in [2.24, 2.45) is 11.8 Å². The van der Waals surface area contributed by atoms with Crippen LogP contribution in [0.1, 0.15) is 13.8 Å². The molecule has 0 saturated heterocycles. The Morgan fingerprint density at radius 3 is 2.26 bits per heavy atom. The average molecular weight is 303 g/mol. The van der Waals surface area contributed by atoms with Crippen molar-refractivity contribution < 1.29 is 14.6 Å². The van der Waals surface area contributed by atoms with Gasteiger partial charge in [-0.1, -0.05) is 55.2 Å². The third-order valence-corrected chi connectivity index (χ3v) is 2.91. The van der Waals surface area contributed by atoms with Crippen LogP contribution in [0.15, 0.2) is 40.9 Å². The fourth-order valence-electron chi connectivity index (χ4n) is 1.80. The smallest absolute Gasteiger partial charge is 0.310 e. The van der Waals surface area contributed by atoms with Crippen molar-refractivity contribution in [3.63, 3.8) is 0 Å². The molecule has 2 unspecified atom stereocenters. The Hall–Kier alpha value is -1.19. The van der Waals surface area contributed by atoms with Gasteiger partial charge >= 0.3 is 5.97 Å². The molecule has 1 aromatic carbocycles. The monoisotopic (exact) mass is 302 g/mol. The molecule has 1 aromatic rings. The molecule has 0 fully saturated rings. The first-order valence-corrected chi connectivity index (χ1v) is 6.64. The topological polar surface area (TPSA) is 46.5 Å². The molecule has 19 heavy (non-hydrogen) atoms. The standard InChI is InChI=1S/C14H16Cl2O3/c1-9(2)13(14(17)18)11(8-12(15)16)19-10-6-4-3-5-7-10/h3-9,11,13H,1-2H3,(H,17,18). The lowest BCUT2D eigenvalue weighted by Gasteiger charge is -2.25. The molecule has 0 aliphatic rings. The van der Waals surface area contributed by atoms with Crippen molar-refractivity contribution in [2.45, 2.75) is 20.0 Å². The molecule has 0 aliphatic carbocycles. The summed E-state index contributed by atoms with van der Waals surface area (Å²) in [5, 5.41) is 9.31. The SMILES string of the molecule is CC(C)C(C(=O)O)C(C=C(Cl)Cl)Oc1ccccc1. The Kier molecular flexibility index (Phi) is 6.19. The molecule has 0 heterocycles. The number of rotatable bonds is 6. The van der Waals surface area contributed by atoms with Crippen LogP contribution in [0.4, 0.5) is 0 Å². The Morgan fingerprint density at radius 2 is 1.84 bits per heavy atom. The van der Waals surface area contributed by atoms with Gasteiger partial charge in [0.15, 0.2) is 0 Å². The van der Waals surface area contributed by atoms with E-state index < -0.39 is 18.0 Å². The molecule has 3 nitrogen and oxygen atoms in total. The molecule has 0 saturated carbocycles. The quantitative estimate of drug-likeness (QED) is 0.860. The summed E-state index contributed by atoms with van der Waals surface area (Å²) in [5.41, 5.74) is 0. The summed E-state index contributed by atoms with van der Waals surface area (Å²) in [4.78, 5) is 11.4. The minimum absolute atomic E-state index is 0.00664. The molecule has 0 aromatic heterocycles. The third-order valence-electron chi connectivity index (χ3n) is 2.66. The number of carboxylic acids is 1. The second kappa shape index (κ2) is 7.41. The van der Waals surface area contributed by atoms with Crippen molar-refractivity contribution >= 4 is 29.2 Å². The minimum Gasteiger partial charge on any atom is -0.485 e. The molecule has 1 rings (SSSR count). The van der Waals surface area contributed by atoms with Crippen LogP contribution in [0.2, 0.25) is 0 Å². The van der Waals surface area contributed by atoms with E-state index in [1.165, 1.54) is 6.08 Å². The number of ether oxygens (including phenoxy) is 1. The maximum absolute atomic E-state index is 11.4. The molecule has 0 radical (unpaired) electrons. The van der Waals surface area contributed by atoms with E-state index in [1.807, 2.05) is 32.0 Å². The maximum Gasteiger partial charge on any atom is 0.310 e. The first kappa shape index (κ1) is 15.9. The highest BCUT2D eigenvalue weighted by Crippen LogP contribution is 2.25. The number of carbonyl (C=O) groups is 1. The summed E-state index contributed by atoms with van der Waals surface area (Å²) in [6.07, 6.45) is 0.694. The van der Waals surface area contributed by atoms with Crippen molar-refractivity contribution in [1.29, 1.82) is 0 Å². The number of hydrogen-bond acceptors (Lipinski definition) is 2. The minimum atomic E-state index is -0.943. The van der Waals surface area contributed by atoms with Crippen LogP contribution < -0.4 is 4.74 Å². The number of aliphatic carboxylic acids is 1. The van der Waals surface area contributed by atoms with Gasteiger partial charge in [0, 0.05) is 0 Å². The van der Waals surface area contributed by atoms with Crippen molar-refractivity contribution in [2.75, 3.05) is 0 Å². The van der Waals surface area contributed by atoms with Gasteiger partial charge in [0.25, 0.3) is 0 Å². The Balaban J connectivity index is 3.00. The van der Waals surface area contributed by atoms with Gasteiger partial charge in [-0.2, -0.15) is 0 Å². The third kappa shape index (κ3) is 5.13. The molecular weight excluding hydrogens is 287 g/mol. The van der Waals surface area contributed by atoms with E-state index in [1.54, 1.807) is 12.1 Å². The highest BCUT2D eigenvalue weighted by molar-refractivity contribution is 6.55. The van der Waals surface area contributed by atoms with Gasteiger partial charge in [0.2, 0.25) is 0 Å². The molecule has 1 N–H and O–H groups in total. The van der Waals surface area contributed by atoms with Gasteiger partial charge in [-0.05, 0) is 24.1 Å². The maximum atomic E-state index is 11.4. The Bertz CT molecular complexity index is 439. The van der Waals surface area contributed by atoms with Gasteiger partial charge in [-0.15, -0.1) is 0 Å². The predicted octanol–water partition coefficient (Wildman–Crippen LogP) is 4.11. The van der Waals surface area contributed by atoms with Gasteiger partial charge in [0.1, 0.15) is 16.3 Å². The first-order valence-electron chi connectivity index (χ1n) is 5.89. The molecule has 0 amide bonds. The fraction of sp³-hybridized carbons (Fsp3) is 0.357. The second-order valence-corrected chi connectivity index (χ2v) is 5.47. The fourth-order valence-corrected chi connectivity index (χ4v) is 2.04. The highest BCUT2D eigenvalue weighted by Gasteiger charge is 2.31. The lowest BCUT2D eigenvalue weighted by atomic mass is 9.90. The van der Waals surface area contributed by atoms with E-state index in [0.717, 1.165) is 0 Å². The zero-order valence-electron chi connectivity index (χ0n) is 10.7. The Labute approximate surface area is 122 Å². The molecule has 2 atom stereocenters. The average Bonchev–Trinajstić information content (AvgIpc) is 2.28. The first-order chi connectivity index (χ1) is 8.91. The molecule has 104 valence electrons. The van der Waals surface area contributed by atoms with Crippen molar-refractivity contribution in [1.82, 2.24) is 0 Å². The number of para-hydroxylation sites is 1. The number of hydrogen-bond donors (Lipinski definition) is 1. The van der Waals surface area contributed by atoms with Gasteiger partial charge in [-0.25, -0.2) is 0 Å². The van der Waals surface area contributed by atoms with Crippen LogP contribution >= 0.6 is 23.2 Å². The molecule has 0 aliphatic heterocycles. The number of carboxylic acid groups (broad SMARTS) is 1. The van der Waals surface area contributed by atoms with Gasteiger partial charge in [-0.3, -0.25) is 4.79 Å². The lowest BCUT2D eigenvalue weighted by Crippen LogP contribution is -2.35. The lowest BCUT2D eigenvalue weighted by molar-refractivity contribution is -0.146. The van der Waals surface area contributed by atoms with E-state index in [-0.39, 0.29) is 10.4 Å². The highest BCUT2D eigenvalue weighted by atomic mass is 35.5. The van der Waals surface area contributed by atoms with Crippen LogP contribution in [-0.4, -0.2) is 17.2 Å². The van der Waals surface area contributed by atoms with E-state index in [4.69, 9.17) is 27.9 Å². The normalized spacial score (nSPS) is 13.7. The summed E-state index contributed by atoms with van der Waals surface area (Å²) in [5.74, 6) is -1.21. The number of benzene rings is 1. The Morgan fingerprint density at radius 1 is 1.26 bits per heavy atom. The van der Waals surface area contributed by atoms with Crippen LogP contribution in [0, 0.1) is 11.8 Å². The van der Waals surface area contributed by atoms with E-state index in [2.05, 4.69) is 0 Å². The molecule has 0 spiro atoms. The van der Waals surface area contributed by atoms with Crippen LogP contribution in [0.25, 0.3) is 0 Å². The van der Waals surface area contributed by atoms with E-state index in [0.29, 0.717) is 5.75 Å². The zero-order valence-corrected chi connectivity index (χ0v) is 12.2. The molecule has 0 bridgehead atoms.